The van der Waals surface area contributed by atoms with Crippen molar-refractivity contribution in [2.24, 2.45) is 5.73 Å². The van der Waals surface area contributed by atoms with Gasteiger partial charge in [0.05, 0.1) is 18.3 Å². The third-order valence-corrected chi connectivity index (χ3v) is 10.1. The topological polar surface area (TPSA) is 186 Å². The minimum absolute atomic E-state index is 0.111. The fraction of sp³-hybridized carbons (Fsp3) is 0.683. The van der Waals surface area contributed by atoms with Crippen LogP contribution in [0.5, 0.6) is 0 Å². The molecule has 2 aromatic heterocycles. The molecule has 5 rings (SSSR count). The smallest absolute Gasteiger partial charge is 0.410 e. The van der Waals surface area contributed by atoms with Gasteiger partial charge in [0.25, 0.3) is 0 Å². The van der Waals surface area contributed by atoms with Crippen molar-refractivity contribution in [3.05, 3.63) is 36.2 Å². The van der Waals surface area contributed by atoms with Gasteiger partial charge in [-0.1, -0.05) is 36.6 Å². The molecule has 0 spiro atoms. The Morgan fingerprint density at radius 2 is 1.56 bits per heavy atom. The van der Waals surface area contributed by atoms with Crippen LogP contribution < -0.4 is 16.4 Å². The minimum Gasteiger partial charge on any atom is -0.444 e. The summed E-state index contributed by atoms with van der Waals surface area (Å²) in [6, 6.07) is 8.23. The van der Waals surface area contributed by atoms with E-state index in [1.54, 1.807) is 9.58 Å². The maximum absolute atomic E-state index is 13.3. The summed E-state index contributed by atoms with van der Waals surface area (Å²) < 4.78 is 13.3. The zero-order valence-electron chi connectivity index (χ0n) is 35.0. The van der Waals surface area contributed by atoms with Gasteiger partial charge in [0.15, 0.2) is 0 Å². The quantitative estimate of drug-likeness (QED) is 0.150. The van der Waals surface area contributed by atoms with Gasteiger partial charge in [0, 0.05) is 69.7 Å². The highest BCUT2D eigenvalue weighted by molar-refractivity contribution is 5.90. The number of fused-ring (bicyclic) bond motifs is 1. The van der Waals surface area contributed by atoms with E-state index >= 15 is 0 Å². The van der Waals surface area contributed by atoms with Crippen molar-refractivity contribution in [1.29, 1.82) is 0 Å². The van der Waals surface area contributed by atoms with Gasteiger partial charge in [0.2, 0.25) is 11.9 Å². The van der Waals surface area contributed by atoms with E-state index in [0.29, 0.717) is 77.6 Å². The summed E-state index contributed by atoms with van der Waals surface area (Å²) in [7, 11) is 0. The molecule has 0 radical (unpaired) electrons. The lowest BCUT2D eigenvalue weighted by Crippen LogP contribution is -2.46. The van der Waals surface area contributed by atoms with Crippen molar-refractivity contribution in [1.82, 2.24) is 39.7 Å². The highest BCUT2D eigenvalue weighted by Crippen LogP contribution is 2.26. The number of aryl methyl sites for hydroxylation is 1. The summed E-state index contributed by atoms with van der Waals surface area (Å²) in [4.78, 5) is 54.0. The lowest BCUT2D eigenvalue weighted by atomic mass is 9.94. The van der Waals surface area contributed by atoms with Crippen molar-refractivity contribution in [3.8, 4) is 0 Å². The highest BCUT2D eigenvalue weighted by Gasteiger charge is 2.30. The lowest BCUT2D eigenvalue weighted by Gasteiger charge is -2.36. The van der Waals surface area contributed by atoms with Gasteiger partial charge in [-0.3, -0.25) is 9.48 Å². The van der Waals surface area contributed by atoms with E-state index in [2.05, 4.69) is 20.9 Å². The molecule has 314 valence electrons. The molecular weight excluding hydrogens is 727 g/mol. The Labute approximate surface area is 337 Å². The Hall–Kier alpha value is -4.73. The molecule has 3 aromatic rings. The number of nitrogens with zero attached hydrogens (tertiary/aromatic N) is 8. The summed E-state index contributed by atoms with van der Waals surface area (Å²) in [6.45, 7) is 15.3. The Kier molecular flexibility index (Phi) is 15.3. The average Bonchev–Trinajstić information content (AvgIpc) is 3.62. The number of nitrogens with one attached hydrogen (secondary N) is 2. The zero-order valence-corrected chi connectivity index (χ0v) is 35.0. The first-order chi connectivity index (χ1) is 27.2. The third kappa shape index (κ3) is 13.7. The predicted octanol–water partition coefficient (Wildman–Crippen LogP) is 6.17. The summed E-state index contributed by atoms with van der Waals surface area (Å²) in [5.41, 5.74) is 5.92. The first-order valence-corrected chi connectivity index (χ1v) is 20.8. The third-order valence-electron chi connectivity index (χ3n) is 10.1. The lowest BCUT2D eigenvalue weighted by molar-refractivity contribution is -0.131. The monoisotopic (exact) mass is 792 g/mol. The second kappa shape index (κ2) is 20.1. The maximum atomic E-state index is 13.3. The van der Waals surface area contributed by atoms with Crippen LogP contribution in [0.3, 0.4) is 0 Å². The molecule has 0 bridgehead atoms. The highest BCUT2D eigenvalue weighted by atomic mass is 16.6. The average molecular weight is 792 g/mol. The molecule has 3 heterocycles. The Morgan fingerprint density at radius 1 is 0.877 bits per heavy atom. The van der Waals surface area contributed by atoms with Crippen LogP contribution in [-0.4, -0.2) is 120 Å². The number of nitrogens with two attached hydrogens (primary N) is 1. The van der Waals surface area contributed by atoms with Crippen molar-refractivity contribution >= 4 is 40.8 Å². The molecular formula is C41H65N11O5. The van der Waals surface area contributed by atoms with Gasteiger partial charge in [-0.15, -0.1) is 5.10 Å². The van der Waals surface area contributed by atoms with Crippen LogP contribution in [0, 0.1) is 0 Å². The molecule has 16 heteroatoms. The zero-order chi connectivity index (χ0) is 41.0. The summed E-state index contributed by atoms with van der Waals surface area (Å²) in [5, 5.41) is 16.6. The Morgan fingerprint density at radius 3 is 2.26 bits per heavy atom. The number of amides is 3. The second-order valence-electron chi connectivity index (χ2n) is 17.2. The van der Waals surface area contributed by atoms with E-state index in [1.807, 2.05) is 81.8 Å². The number of piperidine rings is 1. The number of benzene rings is 1. The maximum Gasteiger partial charge on any atom is 0.410 e. The SMILES string of the molecule is CC(C)(C)OC(=O)N(CCCN(C(=O)OC(C)(C)C)C1CCCCC1)CCCn1cc(CNc2nc(NC3CCN(C(=O)CCN)CC3)c3ccccc3n2)nn1. The molecule has 3 amide bonds. The minimum atomic E-state index is -0.636. The molecule has 1 aliphatic carbocycles. The fourth-order valence-corrected chi connectivity index (χ4v) is 7.32. The Bertz CT molecular complexity index is 1760. The van der Waals surface area contributed by atoms with Gasteiger partial charge in [-0.05, 0) is 92.2 Å². The molecule has 16 nitrogen and oxygen atoms in total. The molecule has 2 fully saturated rings. The van der Waals surface area contributed by atoms with Gasteiger partial charge in [0.1, 0.15) is 22.7 Å². The molecule has 1 saturated heterocycles. The number of aromatic nitrogens is 5. The number of hydrogen-bond donors (Lipinski definition) is 3. The Balaban J connectivity index is 1.15. The van der Waals surface area contributed by atoms with E-state index in [-0.39, 0.29) is 30.2 Å². The van der Waals surface area contributed by atoms with E-state index < -0.39 is 11.2 Å². The number of anilines is 2. The molecule has 1 aromatic carbocycles. The van der Waals surface area contributed by atoms with Gasteiger partial charge >= 0.3 is 12.2 Å². The molecule has 2 aliphatic rings. The summed E-state index contributed by atoms with van der Waals surface area (Å²) in [5.74, 6) is 1.34. The molecule has 0 atom stereocenters. The first-order valence-electron chi connectivity index (χ1n) is 20.8. The van der Waals surface area contributed by atoms with Crippen LogP contribution in [0.25, 0.3) is 10.9 Å². The molecule has 4 N–H and O–H groups in total. The summed E-state index contributed by atoms with van der Waals surface area (Å²) >= 11 is 0. The normalized spacial score (nSPS) is 15.7. The summed E-state index contributed by atoms with van der Waals surface area (Å²) in [6.07, 6.45) is 9.82. The van der Waals surface area contributed by atoms with Crippen LogP contribution in [0.4, 0.5) is 21.4 Å². The molecule has 0 unspecified atom stereocenters. The van der Waals surface area contributed by atoms with E-state index in [9.17, 15) is 14.4 Å². The van der Waals surface area contributed by atoms with Crippen molar-refractivity contribution < 1.29 is 23.9 Å². The predicted molar refractivity (Wildman–Crippen MR) is 221 cm³/mol. The molecule has 1 aliphatic heterocycles. The van der Waals surface area contributed by atoms with E-state index in [1.165, 1.54) is 6.42 Å². The van der Waals surface area contributed by atoms with Crippen LogP contribution in [0.1, 0.15) is 111 Å². The van der Waals surface area contributed by atoms with Crippen LogP contribution >= 0.6 is 0 Å². The molecule has 1 saturated carbocycles. The van der Waals surface area contributed by atoms with Crippen molar-refractivity contribution in [2.75, 3.05) is 49.9 Å². The first kappa shape index (κ1) is 43.4. The molecule has 57 heavy (non-hydrogen) atoms. The van der Waals surface area contributed by atoms with Crippen molar-refractivity contribution in [3.63, 3.8) is 0 Å². The number of hydrogen-bond acceptors (Lipinski definition) is 12. The van der Waals surface area contributed by atoms with E-state index in [0.717, 1.165) is 60.9 Å². The van der Waals surface area contributed by atoms with Gasteiger partial charge in [-0.2, -0.15) is 4.98 Å². The van der Waals surface area contributed by atoms with Crippen LogP contribution in [0.15, 0.2) is 30.5 Å². The van der Waals surface area contributed by atoms with E-state index in [4.69, 9.17) is 25.2 Å². The van der Waals surface area contributed by atoms with Crippen LogP contribution in [0.2, 0.25) is 0 Å². The van der Waals surface area contributed by atoms with Gasteiger partial charge in [-0.25, -0.2) is 14.6 Å². The number of ether oxygens (including phenoxy) is 2. The van der Waals surface area contributed by atoms with Crippen molar-refractivity contribution in [2.45, 2.75) is 142 Å². The van der Waals surface area contributed by atoms with Gasteiger partial charge < -0.3 is 40.5 Å². The number of carbonyl (C=O) groups is 3. The standard InChI is InChI=1S/C41H65N11O5/c1-40(2,3)56-38(54)50(23-13-25-52(32-14-8-7-9-15-32)39(55)57-41(4,5)6)22-12-24-51-29-31(47-48-51)28-43-37-45-34-17-11-10-16-33(34)36(46-37)44-30-19-26-49(27-20-30)35(53)18-21-42/h10-11,16-17,29-30,32H,7-9,12-15,18-28,42H2,1-6H3,(H2,43,44,45,46). The van der Waals surface area contributed by atoms with Crippen LogP contribution in [-0.2, 0) is 27.4 Å². The fourth-order valence-electron chi connectivity index (χ4n) is 7.32. The number of para-hydroxylation sites is 1. The second-order valence-corrected chi connectivity index (χ2v) is 17.2. The number of rotatable bonds is 16. The number of carbonyl (C=O) groups excluding carboxylic acids is 3. The number of likely N-dealkylation sites (tertiary alicyclic amines) is 1. The largest absolute Gasteiger partial charge is 0.444 e.